The Morgan fingerprint density at radius 1 is 1.40 bits per heavy atom. The molecule has 0 bridgehead atoms. The van der Waals surface area contributed by atoms with Crippen LogP contribution >= 0.6 is 0 Å². The largest absolute Gasteiger partial charge is 0.353 e. The molecule has 1 fully saturated rings. The second-order valence-corrected chi connectivity index (χ2v) is 4.35. The van der Waals surface area contributed by atoms with E-state index in [-0.39, 0.29) is 24.1 Å². The van der Waals surface area contributed by atoms with E-state index in [9.17, 15) is 14.0 Å². The first-order valence-electron chi connectivity index (χ1n) is 6.24. The van der Waals surface area contributed by atoms with Gasteiger partial charge in [-0.1, -0.05) is 12.1 Å². The number of nitrogens with one attached hydrogen (secondary N) is 3. The first-order valence-corrected chi connectivity index (χ1v) is 6.24. The average Bonchev–Trinajstić information content (AvgIpc) is 2.44. The number of hydrazone groups is 1. The first kappa shape index (κ1) is 14.1. The number of piperazine rings is 1. The first-order chi connectivity index (χ1) is 9.65. The van der Waals surface area contributed by atoms with Gasteiger partial charge in [-0.25, -0.2) is 9.82 Å². The minimum atomic E-state index is -0.523. The van der Waals surface area contributed by atoms with Crippen LogP contribution < -0.4 is 16.1 Å². The van der Waals surface area contributed by atoms with Crippen LogP contribution in [0.1, 0.15) is 12.0 Å². The number of hydrogen-bond acceptors (Lipinski definition) is 4. The number of carbonyl (C=O) groups excluding carboxylic acids is 2. The molecule has 6 nitrogen and oxygen atoms in total. The van der Waals surface area contributed by atoms with Crippen molar-refractivity contribution in [2.24, 2.45) is 5.10 Å². The number of benzene rings is 1. The highest BCUT2D eigenvalue weighted by Gasteiger charge is 2.23. The van der Waals surface area contributed by atoms with Gasteiger partial charge in [-0.2, -0.15) is 5.10 Å². The summed E-state index contributed by atoms with van der Waals surface area (Å²) in [5.74, 6) is -0.882. The Labute approximate surface area is 115 Å². The zero-order chi connectivity index (χ0) is 14.4. The SMILES string of the molecule is O=C(CC1NCCNC1=O)NN=Cc1ccc(F)cc1. The molecular formula is C13H15FN4O2. The standard InChI is InChI=1S/C13H15FN4O2/c14-10-3-1-9(2-4-10)8-17-18-12(19)7-11-13(20)16-6-5-15-11/h1-4,8,11,15H,5-7H2,(H,16,20)(H,18,19). The molecule has 0 spiro atoms. The lowest BCUT2D eigenvalue weighted by atomic mass is 10.1. The number of nitrogens with zero attached hydrogens (tertiary/aromatic N) is 1. The molecule has 3 N–H and O–H groups in total. The molecule has 1 aliphatic rings. The van der Waals surface area contributed by atoms with Gasteiger partial charge in [0, 0.05) is 13.1 Å². The Bertz CT molecular complexity index is 516. The molecule has 0 aliphatic carbocycles. The number of halogens is 1. The Hall–Kier alpha value is -2.28. The molecule has 1 unspecified atom stereocenters. The summed E-state index contributed by atoms with van der Waals surface area (Å²) in [5, 5.41) is 9.37. The fraction of sp³-hybridized carbons (Fsp3) is 0.308. The van der Waals surface area contributed by atoms with E-state index in [2.05, 4.69) is 21.2 Å². The molecule has 0 aromatic heterocycles. The van der Waals surface area contributed by atoms with Crippen LogP contribution in [0.3, 0.4) is 0 Å². The molecule has 7 heteroatoms. The highest BCUT2D eigenvalue weighted by Crippen LogP contribution is 2.00. The maximum absolute atomic E-state index is 12.7. The van der Waals surface area contributed by atoms with Crippen LogP contribution in [0.4, 0.5) is 4.39 Å². The quantitative estimate of drug-likeness (QED) is 0.525. The van der Waals surface area contributed by atoms with Gasteiger partial charge in [0.05, 0.1) is 18.7 Å². The Balaban J connectivity index is 1.79. The van der Waals surface area contributed by atoms with Crippen LogP contribution in [0.5, 0.6) is 0 Å². The molecular weight excluding hydrogens is 263 g/mol. The third-order valence-electron chi connectivity index (χ3n) is 2.79. The van der Waals surface area contributed by atoms with Gasteiger partial charge >= 0.3 is 0 Å². The Morgan fingerprint density at radius 3 is 2.85 bits per heavy atom. The van der Waals surface area contributed by atoms with Crippen molar-refractivity contribution in [1.29, 1.82) is 0 Å². The Morgan fingerprint density at radius 2 is 2.15 bits per heavy atom. The topological polar surface area (TPSA) is 82.6 Å². The minimum absolute atomic E-state index is 0.0204. The molecule has 1 aliphatic heterocycles. The fourth-order valence-electron chi connectivity index (χ4n) is 1.77. The number of rotatable bonds is 4. The van der Waals surface area contributed by atoms with Crippen molar-refractivity contribution in [3.8, 4) is 0 Å². The summed E-state index contributed by atoms with van der Waals surface area (Å²) in [6.07, 6.45) is 1.43. The fourth-order valence-corrected chi connectivity index (χ4v) is 1.77. The molecule has 2 amide bonds. The molecule has 0 radical (unpaired) electrons. The van der Waals surface area contributed by atoms with Crippen molar-refractivity contribution >= 4 is 18.0 Å². The minimum Gasteiger partial charge on any atom is -0.353 e. The summed E-state index contributed by atoms with van der Waals surface area (Å²) in [6.45, 7) is 1.21. The van der Waals surface area contributed by atoms with E-state index in [0.717, 1.165) is 0 Å². The van der Waals surface area contributed by atoms with E-state index >= 15 is 0 Å². The van der Waals surface area contributed by atoms with Crippen LogP contribution in [-0.2, 0) is 9.59 Å². The van der Waals surface area contributed by atoms with E-state index < -0.39 is 6.04 Å². The van der Waals surface area contributed by atoms with Gasteiger partial charge in [-0.15, -0.1) is 0 Å². The summed E-state index contributed by atoms with van der Waals surface area (Å²) < 4.78 is 12.7. The van der Waals surface area contributed by atoms with Crippen molar-refractivity contribution in [3.05, 3.63) is 35.6 Å². The van der Waals surface area contributed by atoms with Crippen LogP contribution in [0, 0.1) is 5.82 Å². The van der Waals surface area contributed by atoms with E-state index in [1.54, 1.807) is 12.1 Å². The van der Waals surface area contributed by atoms with E-state index in [1.807, 2.05) is 0 Å². The van der Waals surface area contributed by atoms with Crippen molar-refractivity contribution in [2.75, 3.05) is 13.1 Å². The summed E-state index contributed by atoms with van der Waals surface area (Å²) in [6, 6.07) is 5.17. The van der Waals surface area contributed by atoms with Crippen LogP contribution in [0.2, 0.25) is 0 Å². The van der Waals surface area contributed by atoms with Gasteiger partial charge in [-0.3, -0.25) is 9.59 Å². The molecule has 1 aromatic rings. The van der Waals surface area contributed by atoms with E-state index in [1.165, 1.54) is 18.3 Å². The molecule has 1 heterocycles. The second-order valence-electron chi connectivity index (χ2n) is 4.35. The predicted molar refractivity (Wildman–Crippen MR) is 71.6 cm³/mol. The molecule has 20 heavy (non-hydrogen) atoms. The number of hydrogen-bond donors (Lipinski definition) is 3. The lowest BCUT2D eigenvalue weighted by molar-refractivity contribution is -0.129. The smallest absolute Gasteiger partial charge is 0.242 e. The van der Waals surface area contributed by atoms with Gasteiger partial charge < -0.3 is 10.6 Å². The van der Waals surface area contributed by atoms with Gasteiger partial charge in [0.2, 0.25) is 11.8 Å². The van der Waals surface area contributed by atoms with Crippen molar-refractivity contribution in [2.45, 2.75) is 12.5 Å². The molecule has 106 valence electrons. The van der Waals surface area contributed by atoms with Crippen molar-refractivity contribution in [1.82, 2.24) is 16.1 Å². The van der Waals surface area contributed by atoms with Crippen LogP contribution in [-0.4, -0.2) is 37.2 Å². The zero-order valence-electron chi connectivity index (χ0n) is 10.7. The third kappa shape index (κ3) is 4.13. The highest BCUT2D eigenvalue weighted by atomic mass is 19.1. The maximum Gasteiger partial charge on any atom is 0.242 e. The molecule has 0 saturated carbocycles. The normalized spacial score (nSPS) is 18.9. The summed E-state index contributed by atoms with van der Waals surface area (Å²) >= 11 is 0. The zero-order valence-corrected chi connectivity index (χ0v) is 10.7. The van der Waals surface area contributed by atoms with Crippen LogP contribution in [0.25, 0.3) is 0 Å². The van der Waals surface area contributed by atoms with E-state index in [0.29, 0.717) is 18.7 Å². The highest BCUT2D eigenvalue weighted by molar-refractivity contribution is 5.89. The van der Waals surface area contributed by atoms with Gasteiger partial charge in [0.1, 0.15) is 5.82 Å². The maximum atomic E-state index is 12.7. The van der Waals surface area contributed by atoms with Gasteiger partial charge in [0.25, 0.3) is 0 Å². The lowest BCUT2D eigenvalue weighted by Crippen LogP contribution is -2.54. The molecule has 1 aromatic carbocycles. The van der Waals surface area contributed by atoms with E-state index in [4.69, 9.17) is 0 Å². The molecule has 1 saturated heterocycles. The summed E-state index contributed by atoms with van der Waals surface area (Å²) in [4.78, 5) is 23.0. The average molecular weight is 278 g/mol. The predicted octanol–water partition coefficient (Wildman–Crippen LogP) is -0.246. The van der Waals surface area contributed by atoms with Crippen LogP contribution in [0.15, 0.2) is 29.4 Å². The second kappa shape index (κ2) is 6.76. The Kier molecular flexibility index (Phi) is 4.78. The van der Waals surface area contributed by atoms with Crippen molar-refractivity contribution < 1.29 is 14.0 Å². The monoisotopic (exact) mass is 278 g/mol. The van der Waals surface area contributed by atoms with Gasteiger partial charge in [0.15, 0.2) is 0 Å². The molecule has 2 rings (SSSR count). The number of carbonyl (C=O) groups is 2. The van der Waals surface area contributed by atoms with Gasteiger partial charge in [-0.05, 0) is 17.7 Å². The van der Waals surface area contributed by atoms with Crippen molar-refractivity contribution in [3.63, 3.8) is 0 Å². The third-order valence-corrected chi connectivity index (χ3v) is 2.79. The summed E-state index contributed by atoms with van der Waals surface area (Å²) in [7, 11) is 0. The lowest BCUT2D eigenvalue weighted by Gasteiger charge is -2.22. The summed E-state index contributed by atoms with van der Waals surface area (Å²) in [5.41, 5.74) is 3.00. The number of amides is 2. The molecule has 1 atom stereocenters.